The molecule has 2 amide bonds. The first kappa shape index (κ1) is 14.8. The Balaban J connectivity index is 1.65. The summed E-state index contributed by atoms with van der Waals surface area (Å²) in [7, 11) is 0. The van der Waals surface area contributed by atoms with E-state index in [-0.39, 0.29) is 24.0 Å². The van der Waals surface area contributed by atoms with E-state index in [4.69, 9.17) is 4.74 Å². The fourth-order valence-corrected chi connectivity index (χ4v) is 2.32. The SMILES string of the molecule is CC(NC(=O)NCCc1ccc(F)cc1)C1CCCO1. The van der Waals surface area contributed by atoms with Gasteiger partial charge in [0.05, 0.1) is 12.1 Å². The highest BCUT2D eigenvalue weighted by molar-refractivity contribution is 5.74. The summed E-state index contributed by atoms with van der Waals surface area (Å²) in [6.45, 7) is 3.26. The Bertz CT molecular complexity index is 430. The fraction of sp³-hybridized carbons (Fsp3) is 0.533. The summed E-state index contributed by atoms with van der Waals surface area (Å²) in [6, 6.07) is 6.14. The number of ether oxygens (including phenoxy) is 1. The van der Waals surface area contributed by atoms with Crippen LogP contribution in [0.2, 0.25) is 0 Å². The van der Waals surface area contributed by atoms with Crippen molar-refractivity contribution in [3.63, 3.8) is 0 Å². The predicted molar refractivity (Wildman–Crippen MR) is 75.1 cm³/mol. The Morgan fingerprint density at radius 3 is 2.85 bits per heavy atom. The molecule has 2 unspecified atom stereocenters. The van der Waals surface area contributed by atoms with E-state index in [0.29, 0.717) is 13.0 Å². The standard InChI is InChI=1S/C15H21FN2O2/c1-11(14-3-2-10-20-14)18-15(19)17-9-8-12-4-6-13(16)7-5-12/h4-7,11,14H,2-3,8-10H2,1H3,(H2,17,18,19). The topological polar surface area (TPSA) is 50.4 Å². The van der Waals surface area contributed by atoms with Crippen molar-refractivity contribution in [2.45, 2.75) is 38.3 Å². The van der Waals surface area contributed by atoms with Crippen molar-refractivity contribution in [2.75, 3.05) is 13.2 Å². The molecule has 110 valence electrons. The number of hydrogen-bond donors (Lipinski definition) is 2. The van der Waals surface area contributed by atoms with Crippen LogP contribution >= 0.6 is 0 Å². The van der Waals surface area contributed by atoms with Crippen LogP contribution in [0, 0.1) is 5.82 Å². The van der Waals surface area contributed by atoms with E-state index in [0.717, 1.165) is 25.0 Å². The maximum absolute atomic E-state index is 12.7. The van der Waals surface area contributed by atoms with Crippen LogP contribution in [0.15, 0.2) is 24.3 Å². The van der Waals surface area contributed by atoms with Crippen molar-refractivity contribution < 1.29 is 13.9 Å². The van der Waals surface area contributed by atoms with Crippen LogP contribution in [0.3, 0.4) is 0 Å². The number of halogens is 1. The minimum absolute atomic E-state index is 0.0170. The second-order valence-corrected chi connectivity index (χ2v) is 5.12. The first-order valence-electron chi connectivity index (χ1n) is 7.05. The van der Waals surface area contributed by atoms with Gasteiger partial charge in [-0.15, -0.1) is 0 Å². The van der Waals surface area contributed by atoms with Gasteiger partial charge in [0.25, 0.3) is 0 Å². The summed E-state index contributed by atoms with van der Waals surface area (Å²) >= 11 is 0. The number of hydrogen-bond acceptors (Lipinski definition) is 2. The van der Waals surface area contributed by atoms with Gasteiger partial charge in [0, 0.05) is 13.2 Å². The van der Waals surface area contributed by atoms with Gasteiger partial charge in [-0.3, -0.25) is 0 Å². The van der Waals surface area contributed by atoms with E-state index in [9.17, 15) is 9.18 Å². The normalized spacial score (nSPS) is 19.6. The smallest absolute Gasteiger partial charge is 0.315 e. The van der Waals surface area contributed by atoms with E-state index in [2.05, 4.69) is 10.6 Å². The monoisotopic (exact) mass is 280 g/mol. The lowest BCUT2D eigenvalue weighted by Crippen LogP contribution is -2.46. The number of benzene rings is 1. The summed E-state index contributed by atoms with van der Waals surface area (Å²) in [6.07, 6.45) is 2.86. The molecule has 1 aromatic rings. The molecule has 1 aliphatic rings. The maximum atomic E-state index is 12.7. The quantitative estimate of drug-likeness (QED) is 0.869. The lowest BCUT2D eigenvalue weighted by atomic mass is 10.1. The molecule has 1 aromatic carbocycles. The van der Waals surface area contributed by atoms with Gasteiger partial charge < -0.3 is 15.4 Å². The van der Waals surface area contributed by atoms with Crippen molar-refractivity contribution >= 4 is 6.03 Å². The molecule has 20 heavy (non-hydrogen) atoms. The predicted octanol–water partition coefficient (Wildman–Crippen LogP) is 2.23. The minimum Gasteiger partial charge on any atom is -0.376 e. The average molecular weight is 280 g/mol. The maximum Gasteiger partial charge on any atom is 0.315 e. The molecule has 0 radical (unpaired) electrons. The highest BCUT2D eigenvalue weighted by Gasteiger charge is 2.23. The first-order valence-corrected chi connectivity index (χ1v) is 7.05. The van der Waals surface area contributed by atoms with E-state index in [1.165, 1.54) is 12.1 Å². The van der Waals surface area contributed by atoms with Gasteiger partial charge in [-0.05, 0) is 43.9 Å². The molecule has 0 bridgehead atoms. The van der Waals surface area contributed by atoms with Crippen molar-refractivity contribution in [3.05, 3.63) is 35.6 Å². The Morgan fingerprint density at radius 2 is 2.20 bits per heavy atom. The lowest BCUT2D eigenvalue weighted by Gasteiger charge is -2.20. The average Bonchev–Trinajstić information content (AvgIpc) is 2.95. The lowest BCUT2D eigenvalue weighted by molar-refractivity contribution is 0.0860. The van der Waals surface area contributed by atoms with Crippen molar-refractivity contribution in [1.29, 1.82) is 0 Å². The third-order valence-electron chi connectivity index (χ3n) is 3.49. The molecule has 1 aliphatic heterocycles. The van der Waals surface area contributed by atoms with E-state index in [1.54, 1.807) is 12.1 Å². The molecule has 0 aliphatic carbocycles. The summed E-state index contributed by atoms with van der Waals surface area (Å²) in [4.78, 5) is 11.7. The van der Waals surface area contributed by atoms with Crippen molar-refractivity contribution in [3.8, 4) is 0 Å². The summed E-state index contributed by atoms with van der Waals surface area (Å²) in [5, 5.41) is 5.68. The zero-order valence-corrected chi connectivity index (χ0v) is 11.7. The summed E-state index contributed by atoms with van der Waals surface area (Å²) in [5.41, 5.74) is 0.999. The molecule has 5 heteroatoms. The number of amides is 2. The molecule has 0 saturated carbocycles. The van der Waals surface area contributed by atoms with Gasteiger partial charge in [-0.2, -0.15) is 0 Å². The van der Waals surface area contributed by atoms with Crippen LogP contribution < -0.4 is 10.6 Å². The summed E-state index contributed by atoms with van der Waals surface area (Å²) < 4.78 is 18.3. The number of carbonyl (C=O) groups excluding carboxylic acids is 1. The second-order valence-electron chi connectivity index (χ2n) is 5.12. The third-order valence-corrected chi connectivity index (χ3v) is 3.49. The van der Waals surface area contributed by atoms with Gasteiger partial charge in [-0.25, -0.2) is 9.18 Å². The molecule has 1 saturated heterocycles. The van der Waals surface area contributed by atoms with Crippen LogP contribution in [0.5, 0.6) is 0 Å². The van der Waals surface area contributed by atoms with Crippen LogP contribution in [0.1, 0.15) is 25.3 Å². The molecule has 2 atom stereocenters. The number of urea groups is 1. The van der Waals surface area contributed by atoms with E-state index in [1.807, 2.05) is 6.92 Å². The number of rotatable bonds is 5. The minimum atomic E-state index is -0.246. The van der Waals surface area contributed by atoms with Gasteiger partial charge >= 0.3 is 6.03 Å². The van der Waals surface area contributed by atoms with Gasteiger partial charge in [-0.1, -0.05) is 12.1 Å². The highest BCUT2D eigenvalue weighted by atomic mass is 19.1. The Kier molecular flexibility index (Phi) is 5.35. The highest BCUT2D eigenvalue weighted by Crippen LogP contribution is 2.15. The third kappa shape index (κ3) is 4.49. The first-order chi connectivity index (χ1) is 9.65. The molecular formula is C15H21FN2O2. The largest absolute Gasteiger partial charge is 0.376 e. The number of carbonyl (C=O) groups is 1. The van der Waals surface area contributed by atoms with Crippen LogP contribution in [0.25, 0.3) is 0 Å². The zero-order chi connectivity index (χ0) is 14.4. The molecule has 1 fully saturated rings. The van der Waals surface area contributed by atoms with E-state index < -0.39 is 0 Å². The van der Waals surface area contributed by atoms with Crippen LogP contribution in [-0.4, -0.2) is 31.3 Å². The molecule has 0 aromatic heterocycles. The molecule has 0 spiro atoms. The molecule has 2 rings (SSSR count). The second kappa shape index (κ2) is 7.24. The molecular weight excluding hydrogens is 259 g/mol. The zero-order valence-electron chi connectivity index (χ0n) is 11.7. The Labute approximate surface area is 118 Å². The Hall–Kier alpha value is -1.62. The molecule has 4 nitrogen and oxygen atoms in total. The van der Waals surface area contributed by atoms with Gasteiger partial charge in [0.2, 0.25) is 0 Å². The van der Waals surface area contributed by atoms with Crippen LogP contribution in [0.4, 0.5) is 9.18 Å². The summed E-state index contributed by atoms with van der Waals surface area (Å²) in [5.74, 6) is -0.246. The van der Waals surface area contributed by atoms with Crippen molar-refractivity contribution in [1.82, 2.24) is 10.6 Å². The molecule has 2 N–H and O–H groups in total. The molecule has 1 heterocycles. The van der Waals surface area contributed by atoms with Gasteiger partial charge in [0.1, 0.15) is 5.82 Å². The Morgan fingerprint density at radius 1 is 1.45 bits per heavy atom. The van der Waals surface area contributed by atoms with Gasteiger partial charge in [0.15, 0.2) is 0 Å². The van der Waals surface area contributed by atoms with Crippen LogP contribution in [-0.2, 0) is 11.2 Å². The van der Waals surface area contributed by atoms with E-state index >= 15 is 0 Å². The number of nitrogens with one attached hydrogen (secondary N) is 2. The van der Waals surface area contributed by atoms with Crippen molar-refractivity contribution in [2.24, 2.45) is 0 Å². The fourth-order valence-electron chi connectivity index (χ4n) is 2.32.